The van der Waals surface area contributed by atoms with E-state index in [0.29, 0.717) is 5.06 Å². The van der Waals surface area contributed by atoms with E-state index in [2.05, 4.69) is 0 Å². The molecule has 2 aliphatic heterocycles. The van der Waals surface area contributed by atoms with Crippen LogP contribution in [0.4, 0.5) is 0 Å². The Morgan fingerprint density at radius 1 is 1.19 bits per heavy atom. The van der Waals surface area contributed by atoms with Gasteiger partial charge in [-0.3, -0.25) is 14.4 Å². The van der Waals surface area contributed by atoms with E-state index in [1.165, 1.54) is 12.1 Å². The highest BCUT2D eigenvalue weighted by atomic mass is 16.7. The smallest absolute Gasteiger partial charge is 0.333 e. The fourth-order valence-corrected chi connectivity index (χ4v) is 2.32. The standard InChI is InChI=1S/C14H11NO6/c16-11-5-8(7-20-11)6-12(17)21-15-13(18)9-3-1-2-4-10(9)14(15)19/h1-4,8H,5-7H2. The third-order valence-electron chi connectivity index (χ3n) is 3.34. The van der Waals surface area contributed by atoms with Gasteiger partial charge in [-0.05, 0) is 12.1 Å². The van der Waals surface area contributed by atoms with Crippen LogP contribution >= 0.6 is 0 Å². The van der Waals surface area contributed by atoms with Crippen LogP contribution in [0, 0.1) is 5.92 Å². The molecule has 1 fully saturated rings. The SMILES string of the molecule is O=C1CC(CC(=O)ON2C(=O)c3ccccc3C2=O)CO1. The molecule has 1 saturated heterocycles. The second-order valence-electron chi connectivity index (χ2n) is 4.87. The topological polar surface area (TPSA) is 90.0 Å². The van der Waals surface area contributed by atoms with E-state index >= 15 is 0 Å². The molecule has 1 atom stereocenters. The Labute approximate surface area is 119 Å². The second kappa shape index (κ2) is 5.01. The second-order valence-corrected chi connectivity index (χ2v) is 4.87. The third-order valence-corrected chi connectivity index (χ3v) is 3.34. The summed E-state index contributed by atoms with van der Waals surface area (Å²) in [5.41, 5.74) is 0.407. The molecule has 1 aromatic carbocycles. The van der Waals surface area contributed by atoms with Crippen LogP contribution in [0.5, 0.6) is 0 Å². The Balaban J connectivity index is 1.66. The summed E-state index contributed by atoms with van der Waals surface area (Å²) in [7, 11) is 0. The molecule has 21 heavy (non-hydrogen) atoms. The summed E-state index contributed by atoms with van der Waals surface area (Å²) in [4.78, 5) is 51.5. The lowest BCUT2D eigenvalue weighted by atomic mass is 10.1. The number of benzene rings is 1. The van der Waals surface area contributed by atoms with Crippen molar-refractivity contribution in [1.29, 1.82) is 0 Å². The molecular formula is C14H11NO6. The van der Waals surface area contributed by atoms with Crippen LogP contribution in [0.15, 0.2) is 24.3 Å². The molecule has 1 aromatic rings. The number of hydrogen-bond donors (Lipinski definition) is 0. The molecule has 1 unspecified atom stereocenters. The number of cyclic esters (lactones) is 1. The molecule has 0 saturated carbocycles. The fraction of sp³-hybridized carbons (Fsp3) is 0.286. The minimum atomic E-state index is -0.743. The minimum Gasteiger partial charge on any atom is -0.465 e. The molecule has 108 valence electrons. The monoisotopic (exact) mass is 289 g/mol. The van der Waals surface area contributed by atoms with Crippen LogP contribution < -0.4 is 0 Å². The van der Waals surface area contributed by atoms with Gasteiger partial charge in [-0.25, -0.2) is 4.79 Å². The van der Waals surface area contributed by atoms with Crippen molar-refractivity contribution in [3.05, 3.63) is 35.4 Å². The highest BCUT2D eigenvalue weighted by Gasteiger charge is 2.39. The summed E-state index contributed by atoms with van der Waals surface area (Å²) in [6.45, 7) is 0.149. The molecule has 3 rings (SSSR count). The van der Waals surface area contributed by atoms with Gasteiger partial charge in [-0.1, -0.05) is 17.2 Å². The summed E-state index contributed by atoms with van der Waals surface area (Å²) in [5, 5.41) is 0.463. The Kier molecular flexibility index (Phi) is 3.17. The van der Waals surface area contributed by atoms with Gasteiger partial charge in [-0.15, -0.1) is 0 Å². The summed E-state index contributed by atoms with van der Waals surface area (Å²) < 4.78 is 4.74. The summed E-state index contributed by atoms with van der Waals surface area (Å²) >= 11 is 0. The average molecular weight is 289 g/mol. The molecule has 2 aliphatic rings. The molecular weight excluding hydrogens is 278 g/mol. The van der Waals surface area contributed by atoms with E-state index < -0.39 is 17.8 Å². The first-order chi connectivity index (χ1) is 10.1. The molecule has 0 N–H and O–H groups in total. The lowest BCUT2D eigenvalue weighted by molar-refractivity contribution is -0.169. The molecule has 0 aliphatic carbocycles. The summed E-state index contributed by atoms with van der Waals surface area (Å²) in [5.74, 6) is -2.72. The lowest BCUT2D eigenvalue weighted by Crippen LogP contribution is -2.33. The van der Waals surface area contributed by atoms with Crippen LogP contribution in [0.1, 0.15) is 33.6 Å². The van der Waals surface area contributed by atoms with Crippen molar-refractivity contribution in [2.75, 3.05) is 6.61 Å². The maximum absolute atomic E-state index is 12.0. The normalized spacial score (nSPS) is 20.5. The van der Waals surface area contributed by atoms with Crippen molar-refractivity contribution < 1.29 is 28.8 Å². The zero-order chi connectivity index (χ0) is 15.0. The van der Waals surface area contributed by atoms with E-state index in [-0.39, 0.29) is 42.5 Å². The van der Waals surface area contributed by atoms with Crippen molar-refractivity contribution in [1.82, 2.24) is 5.06 Å². The van der Waals surface area contributed by atoms with Crippen LogP contribution in [-0.4, -0.2) is 35.4 Å². The quantitative estimate of drug-likeness (QED) is 0.601. The van der Waals surface area contributed by atoms with E-state index in [0.717, 1.165) is 0 Å². The number of imide groups is 1. The predicted octanol–water partition coefficient (Wildman–Crippen LogP) is 0.694. The molecule has 2 amide bonds. The maximum Gasteiger partial charge on any atom is 0.333 e. The van der Waals surface area contributed by atoms with Crippen molar-refractivity contribution in [3.8, 4) is 0 Å². The number of carbonyl (C=O) groups is 4. The summed E-state index contributed by atoms with van der Waals surface area (Å²) in [6, 6.07) is 6.23. The number of hydrogen-bond acceptors (Lipinski definition) is 6. The van der Waals surface area contributed by atoms with E-state index in [1.807, 2.05) is 0 Å². The molecule has 0 bridgehead atoms. The van der Waals surface area contributed by atoms with Gasteiger partial charge >= 0.3 is 11.9 Å². The Bertz CT molecular complexity index is 618. The van der Waals surface area contributed by atoms with Gasteiger partial charge < -0.3 is 9.57 Å². The van der Waals surface area contributed by atoms with Gasteiger partial charge in [0.2, 0.25) is 0 Å². The Hall–Kier alpha value is -2.70. The van der Waals surface area contributed by atoms with Gasteiger partial charge in [0.1, 0.15) is 0 Å². The van der Waals surface area contributed by atoms with Gasteiger partial charge in [-0.2, -0.15) is 0 Å². The Morgan fingerprint density at radius 3 is 2.33 bits per heavy atom. The van der Waals surface area contributed by atoms with Crippen LogP contribution in [0.25, 0.3) is 0 Å². The molecule has 7 nitrogen and oxygen atoms in total. The zero-order valence-electron chi connectivity index (χ0n) is 10.9. The maximum atomic E-state index is 12.0. The lowest BCUT2D eigenvalue weighted by Gasteiger charge is -2.13. The van der Waals surface area contributed by atoms with E-state index in [4.69, 9.17) is 9.57 Å². The largest absolute Gasteiger partial charge is 0.465 e. The molecule has 7 heteroatoms. The molecule has 0 spiro atoms. The number of nitrogens with zero attached hydrogens (tertiary/aromatic N) is 1. The van der Waals surface area contributed by atoms with Gasteiger partial charge in [0, 0.05) is 5.92 Å². The molecule has 0 radical (unpaired) electrons. The van der Waals surface area contributed by atoms with Crippen molar-refractivity contribution in [2.45, 2.75) is 12.8 Å². The third kappa shape index (κ3) is 2.37. The van der Waals surface area contributed by atoms with Crippen molar-refractivity contribution in [2.24, 2.45) is 5.92 Å². The van der Waals surface area contributed by atoms with Crippen LogP contribution in [0.3, 0.4) is 0 Å². The van der Waals surface area contributed by atoms with Gasteiger partial charge in [0.25, 0.3) is 11.8 Å². The molecule has 0 aromatic heterocycles. The van der Waals surface area contributed by atoms with E-state index in [1.54, 1.807) is 12.1 Å². The number of esters is 1. The van der Waals surface area contributed by atoms with Crippen LogP contribution in [0.2, 0.25) is 0 Å². The van der Waals surface area contributed by atoms with Crippen molar-refractivity contribution in [3.63, 3.8) is 0 Å². The first-order valence-electron chi connectivity index (χ1n) is 6.40. The summed E-state index contributed by atoms with van der Waals surface area (Å²) in [6.07, 6.45) is 0.0519. The number of ether oxygens (including phenoxy) is 1. The number of rotatable bonds is 3. The first-order valence-corrected chi connectivity index (χ1v) is 6.40. The number of carbonyl (C=O) groups excluding carboxylic acids is 4. The number of fused-ring (bicyclic) bond motifs is 1. The van der Waals surface area contributed by atoms with Crippen molar-refractivity contribution >= 4 is 23.8 Å². The highest BCUT2D eigenvalue weighted by Crippen LogP contribution is 2.24. The average Bonchev–Trinajstić information content (AvgIpc) is 2.97. The Morgan fingerprint density at radius 2 is 1.81 bits per heavy atom. The highest BCUT2D eigenvalue weighted by molar-refractivity contribution is 6.20. The minimum absolute atomic E-state index is 0.0842. The predicted molar refractivity (Wildman–Crippen MR) is 66.7 cm³/mol. The van der Waals surface area contributed by atoms with Gasteiger partial charge in [0.15, 0.2) is 0 Å². The number of amides is 2. The fourth-order valence-electron chi connectivity index (χ4n) is 2.32. The van der Waals surface area contributed by atoms with Crippen LogP contribution in [-0.2, 0) is 19.2 Å². The van der Waals surface area contributed by atoms with Gasteiger partial charge in [0.05, 0.1) is 30.6 Å². The molecule has 2 heterocycles. The first kappa shape index (κ1) is 13.3. The number of hydroxylamine groups is 2. The van der Waals surface area contributed by atoms with E-state index in [9.17, 15) is 19.2 Å². The zero-order valence-corrected chi connectivity index (χ0v) is 10.9.